The van der Waals surface area contributed by atoms with Gasteiger partial charge < -0.3 is 9.80 Å². The fourth-order valence-corrected chi connectivity index (χ4v) is 4.92. The summed E-state index contributed by atoms with van der Waals surface area (Å²) < 4.78 is 3.69. The third kappa shape index (κ3) is 3.99. The maximum Gasteiger partial charge on any atom is 0.272 e. The van der Waals surface area contributed by atoms with Gasteiger partial charge in [0.05, 0.1) is 41.1 Å². The summed E-state index contributed by atoms with van der Waals surface area (Å²) in [5.74, 6) is -0.216. The third-order valence-corrected chi connectivity index (χ3v) is 7.27. The van der Waals surface area contributed by atoms with E-state index in [1.54, 1.807) is 27.8 Å². The standard InChI is InChI=1S/C24H26Cl2N6O2/c1-14(2)31-7-6-17(27-31)12-29-8-9-32-22(24(29)34)18-13-30(15(3)10-21(18)28-32)23(33)16-4-5-19(25)20(26)11-16/h4-7,11,14-15H,8-10,12-13H2,1-3H3/t15-/m1/s1. The van der Waals surface area contributed by atoms with Gasteiger partial charge in [-0.3, -0.25) is 19.0 Å². The smallest absolute Gasteiger partial charge is 0.272 e. The molecule has 3 aromatic rings. The van der Waals surface area contributed by atoms with E-state index < -0.39 is 0 Å². The number of rotatable bonds is 4. The van der Waals surface area contributed by atoms with Crippen LogP contribution in [0.5, 0.6) is 0 Å². The second-order valence-corrected chi connectivity index (χ2v) is 10.0. The van der Waals surface area contributed by atoms with Crippen molar-refractivity contribution in [3.8, 4) is 0 Å². The number of nitrogens with zero attached hydrogens (tertiary/aromatic N) is 6. The molecule has 2 aromatic heterocycles. The van der Waals surface area contributed by atoms with Gasteiger partial charge in [0.1, 0.15) is 5.69 Å². The Kier molecular flexibility index (Phi) is 5.90. The predicted molar refractivity (Wildman–Crippen MR) is 129 cm³/mol. The summed E-state index contributed by atoms with van der Waals surface area (Å²) in [4.78, 5) is 30.4. The first kappa shape index (κ1) is 22.9. The largest absolute Gasteiger partial charge is 0.331 e. The zero-order valence-corrected chi connectivity index (χ0v) is 20.8. The molecule has 2 aliphatic heterocycles. The molecule has 4 heterocycles. The van der Waals surface area contributed by atoms with Crippen molar-refractivity contribution in [2.75, 3.05) is 6.54 Å². The average molecular weight is 501 g/mol. The Hall–Kier alpha value is -2.84. The number of carbonyl (C=O) groups is 2. The maximum atomic E-state index is 13.5. The Bertz CT molecular complexity index is 1280. The Morgan fingerprint density at radius 3 is 2.65 bits per heavy atom. The first-order valence-electron chi connectivity index (χ1n) is 11.4. The van der Waals surface area contributed by atoms with Gasteiger partial charge in [0.2, 0.25) is 0 Å². The predicted octanol–water partition coefficient (Wildman–Crippen LogP) is 4.21. The first-order valence-corrected chi connectivity index (χ1v) is 12.2. The van der Waals surface area contributed by atoms with Crippen molar-refractivity contribution < 1.29 is 9.59 Å². The van der Waals surface area contributed by atoms with Gasteiger partial charge in [0.15, 0.2) is 0 Å². The van der Waals surface area contributed by atoms with Gasteiger partial charge in [0.25, 0.3) is 11.8 Å². The summed E-state index contributed by atoms with van der Waals surface area (Å²) in [7, 11) is 0. The fourth-order valence-electron chi connectivity index (χ4n) is 4.63. The molecule has 0 aliphatic carbocycles. The number of hydrogen-bond acceptors (Lipinski definition) is 4. The summed E-state index contributed by atoms with van der Waals surface area (Å²) in [6, 6.07) is 7.05. The van der Waals surface area contributed by atoms with Crippen molar-refractivity contribution >= 4 is 35.0 Å². The van der Waals surface area contributed by atoms with Crippen LogP contribution < -0.4 is 0 Å². The van der Waals surface area contributed by atoms with E-state index in [1.807, 2.05) is 28.8 Å². The Balaban J connectivity index is 1.40. The van der Waals surface area contributed by atoms with Gasteiger partial charge >= 0.3 is 0 Å². The molecule has 1 atom stereocenters. The normalized spacial score (nSPS) is 17.8. The summed E-state index contributed by atoms with van der Waals surface area (Å²) in [6.07, 6.45) is 2.53. The van der Waals surface area contributed by atoms with Crippen molar-refractivity contribution in [2.45, 2.75) is 58.9 Å². The van der Waals surface area contributed by atoms with Gasteiger partial charge in [-0.15, -0.1) is 0 Å². The zero-order valence-electron chi connectivity index (χ0n) is 19.3. The molecule has 0 bridgehead atoms. The lowest BCUT2D eigenvalue weighted by atomic mass is 9.97. The van der Waals surface area contributed by atoms with Crippen LogP contribution in [-0.2, 0) is 26.1 Å². The van der Waals surface area contributed by atoms with Crippen LogP contribution in [0.1, 0.15) is 64.6 Å². The van der Waals surface area contributed by atoms with Gasteiger partial charge in [0, 0.05) is 42.4 Å². The molecule has 8 nitrogen and oxygen atoms in total. The Morgan fingerprint density at radius 2 is 1.94 bits per heavy atom. The highest BCUT2D eigenvalue weighted by Crippen LogP contribution is 2.31. The van der Waals surface area contributed by atoms with Crippen LogP contribution in [0.2, 0.25) is 10.0 Å². The van der Waals surface area contributed by atoms with Crippen LogP contribution in [0.3, 0.4) is 0 Å². The second-order valence-electron chi connectivity index (χ2n) is 9.22. The minimum atomic E-state index is -0.143. The van der Waals surface area contributed by atoms with Crippen LogP contribution in [0, 0.1) is 0 Å². The molecule has 0 unspecified atom stereocenters. The van der Waals surface area contributed by atoms with Gasteiger partial charge in [-0.1, -0.05) is 23.2 Å². The van der Waals surface area contributed by atoms with E-state index in [1.165, 1.54) is 0 Å². The van der Waals surface area contributed by atoms with Crippen LogP contribution >= 0.6 is 23.2 Å². The van der Waals surface area contributed by atoms with Gasteiger partial charge in [-0.05, 0) is 45.0 Å². The molecule has 178 valence electrons. The third-order valence-electron chi connectivity index (χ3n) is 6.53. The SMILES string of the molecule is CC(C)n1ccc(CN2CCn3nc4c(c3C2=O)CN(C(=O)c2ccc(Cl)c(Cl)c2)[C@H](C)C4)n1. The van der Waals surface area contributed by atoms with Crippen molar-refractivity contribution in [3.05, 3.63) is 68.7 Å². The second kappa shape index (κ2) is 8.74. The number of carbonyl (C=O) groups excluding carboxylic acids is 2. The maximum absolute atomic E-state index is 13.5. The van der Waals surface area contributed by atoms with E-state index in [0.29, 0.717) is 53.9 Å². The molecule has 0 N–H and O–H groups in total. The van der Waals surface area contributed by atoms with Crippen LogP contribution in [0.4, 0.5) is 0 Å². The van der Waals surface area contributed by atoms with Crippen LogP contribution in [-0.4, -0.2) is 53.8 Å². The minimum absolute atomic E-state index is 0.0578. The van der Waals surface area contributed by atoms with Crippen LogP contribution in [0.15, 0.2) is 30.5 Å². The number of hydrogen-bond donors (Lipinski definition) is 0. The van der Waals surface area contributed by atoms with Gasteiger partial charge in [-0.25, -0.2) is 0 Å². The minimum Gasteiger partial charge on any atom is -0.331 e. The Morgan fingerprint density at radius 1 is 1.15 bits per heavy atom. The summed E-state index contributed by atoms with van der Waals surface area (Å²) in [5, 5.41) is 10.1. The highest BCUT2D eigenvalue weighted by Gasteiger charge is 2.37. The van der Waals surface area contributed by atoms with E-state index in [4.69, 9.17) is 28.3 Å². The quantitative estimate of drug-likeness (QED) is 0.537. The number of amides is 2. The molecule has 0 saturated carbocycles. The molecule has 10 heteroatoms. The topological polar surface area (TPSA) is 76.3 Å². The lowest BCUT2D eigenvalue weighted by Crippen LogP contribution is -2.44. The molecule has 0 spiro atoms. The summed E-state index contributed by atoms with van der Waals surface area (Å²) in [5.41, 5.74) is 3.62. The van der Waals surface area contributed by atoms with Crippen molar-refractivity contribution in [2.24, 2.45) is 0 Å². The lowest BCUT2D eigenvalue weighted by Gasteiger charge is -2.34. The number of aromatic nitrogens is 4. The number of halogens is 2. The molecule has 0 radical (unpaired) electrons. The first-order chi connectivity index (χ1) is 16.2. The molecular formula is C24H26Cl2N6O2. The molecule has 1 aromatic carbocycles. The monoisotopic (exact) mass is 500 g/mol. The van der Waals surface area contributed by atoms with Crippen LogP contribution in [0.25, 0.3) is 0 Å². The van der Waals surface area contributed by atoms with Crippen molar-refractivity contribution in [1.29, 1.82) is 0 Å². The fraction of sp³-hybridized carbons (Fsp3) is 0.417. The summed E-state index contributed by atoms with van der Waals surface area (Å²) in [6.45, 7) is 8.10. The zero-order chi connectivity index (χ0) is 24.1. The molecule has 34 heavy (non-hydrogen) atoms. The van der Waals surface area contributed by atoms with Crippen molar-refractivity contribution in [1.82, 2.24) is 29.4 Å². The van der Waals surface area contributed by atoms with Gasteiger partial charge in [-0.2, -0.15) is 10.2 Å². The highest BCUT2D eigenvalue weighted by atomic mass is 35.5. The molecule has 2 amide bonds. The summed E-state index contributed by atoms with van der Waals surface area (Å²) >= 11 is 12.2. The molecule has 0 fully saturated rings. The molecular weight excluding hydrogens is 475 g/mol. The van der Waals surface area contributed by atoms with E-state index in [-0.39, 0.29) is 23.9 Å². The number of benzene rings is 1. The molecule has 2 aliphatic rings. The van der Waals surface area contributed by atoms with E-state index in [0.717, 1.165) is 17.0 Å². The van der Waals surface area contributed by atoms with E-state index >= 15 is 0 Å². The van der Waals surface area contributed by atoms with Crippen molar-refractivity contribution in [3.63, 3.8) is 0 Å². The van der Waals surface area contributed by atoms with E-state index in [2.05, 4.69) is 18.9 Å². The molecule has 5 rings (SSSR count). The average Bonchev–Trinajstić information content (AvgIpc) is 3.41. The Labute approximate surface area is 208 Å². The molecule has 0 saturated heterocycles. The number of fused-ring (bicyclic) bond motifs is 3. The van der Waals surface area contributed by atoms with E-state index in [9.17, 15) is 9.59 Å². The highest BCUT2D eigenvalue weighted by molar-refractivity contribution is 6.42. The lowest BCUT2D eigenvalue weighted by molar-refractivity contribution is 0.0636.